The molecule has 0 spiro atoms. The molecule has 1 atom stereocenters. The van der Waals surface area contributed by atoms with Gasteiger partial charge in [-0.25, -0.2) is 4.99 Å². The molecule has 33 heavy (non-hydrogen) atoms. The van der Waals surface area contributed by atoms with Gasteiger partial charge in [0, 0.05) is 31.6 Å². The zero-order valence-corrected chi connectivity index (χ0v) is 22.6. The van der Waals surface area contributed by atoms with Crippen LogP contribution in [0.25, 0.3) is 0 Å². The SMILES string of the molecule is CCNC(=NCc1noc(C(C)(C)C)n1)NCC(c1ccc(OC)cc1)N1CCOCC1.I. The number of halogens is 1. The maximum Gasteiger partial charge on any atom is 0.232 e. The Balaban J connectivity index is 0.00000385. The number of nitrogens with one attached hydrogen (secondary N) is 2. The third-order valence-electron chi connectivity index (χ3n) is 5.28. The van der Waals surface area contributed by atoms with Crippen molar-refractivity contribution in [3.63, 3.8) is 0 Å². The van der Waals surface area contributed by atoms with Crippen molar-refractivity contribution in [1.29, 1.82) is 0 Å². The van der Waals surface area contributed by atoms with E-state index < -0.39 is 0 Å². The van der Waals surface area contributed by atoms with E-state index in [-0.39, 0.29) is 35.4 Å². The van der Waals surface area contributed by atoms with Gasteiger partial charge in [0.15, 0.2) is 11.8 Å². The van der Waals surface area contributed by atoms with Gasteiger partial charge in [0.1, 0.15) is 12.3 Å². The standard InChI is InChI=1S/C23H36N6O3.HI/c1-6-24-22(26-16-20-27-21(32-28-20)23(2,3)4)25-15-19(29-11-13-31-14-12-29)17-7-9-18(30-5)10-8-17;/h7-10,19H,6,11-16H2,1-5H3,(H2,24,25,26);1H. The molecule has 0 aliphatic carbocycles. The quantitative estimate of drug-likeness (QED) is 0.283. The molecule has 0 radical (unpaired) electrons. The van der Waals surface area contributed by atoms with Gasteiger partial charge in [-0.2, -0.15) is 4.98 Å². The highest BCUT2D eigenvalue weighted by molar-refractivity contribution is 14.0. The van der Waals surface area contributed by atoms with Gasteiger partial charge >= 0.3 is 0 Å². The molecule has 1 aliphatic heterocycles. The molecule has 10 heteroatoms. The number of benzene rings is 1. The van der Waals surface area contributed by atoms with Gasteiger partial charge in [-0.1, -0.05) is 38.1 Å². The predicted molar refractivity (Wildman–Crippen MR) is 139 cm³/mol. The van der Waals surface area contributed by atoms with E-state index >= 15 is 0 Å². The number of nitrogens with zero attached hydrogens (tertiary/aromatic N) is 4. The average Bonchev–Trinajstić information content (AvgIpc) is 3.28. The molecule has 0 amide bonds. The van der Waals surface area contributed by atoms with Gasteiger partial charge in [-0.3, -0.25) is 4.90 Å². The van der Waals surface area contributed by atoms with Gasteiger partial charge < -0.3 is 24.6 Å². The second kappa shape index (κ2) is 13.1. The van der Waals surface area contributed by atoms with Crippen molar-refractivity contribution < 1.29 is 14.0 Å². The van der Waals surface area contributed by atoms with E-state index in [1.807, 2.05) is 39.8 Å². The summed E-state index contributed by atoms with van der Waals surface area (Å²) in [5.41, 5.74) is 1.05. The fourth-order valence-electron chi connectivity index (χ4n) is 3.48. The number of ether oxygens (including phenoxy) is 2. The number of hydrogen-bond acceptors (Lipinski definition) is 7. The van der Waals surface area contributed by atoms with Gasteiger partial charge in [0.05, 0.1) is 26.4 Å². The van der Waals surface area contributed by atoms with E-state index in [1.165, 1.54) is 5.56 Å². The molecule has 2 aromatic rings. The van der Waals surface area contributed by atoms with E-state index in [2.05, 4.69) is 42.8 Å². The van der Waals surface area contributed by atoms with E-state index in [1.54, 1.807) is 7.11 Å². The molecule has 0 bridgehead atoms. The first-order chi connectivity index (χ1) is 15.4. The smallest absolute Gasteiger partial charge is 0.232 e. The summed E-state index contributed by atoms with van der Waals surface area (Å²) in [6, 6.07) is 8.44. The first kappa shape index (κ1) is 27.3. The molecule has 0 saturated carbocycles. The number of aliphatic imine (C=N–C) groups is 1. The molecule has 1 saturated heterocycles. The molecule has 3 rings (SSSR count). The number of rotatable bonds is 8. The fraction of sp³-hybridized carbons (Fsp3) is 0.609. The fourth-order valence-corrected chi connectivity index (χ4v) is 3.48. The second-order valence-corrected chi connectivity index (χ2v) is 8.78. The number of guanidine groups is 1. The lowest BCUT2D eigenvalue weighted by atomic mass is 9.97. The van der Waals surface area contributed by atoms with Crippen LogP contribution >= 0.6 is 24.0 Å². The molecule has 1 aromatic heterocycles. The van der Waals surface area contributed by atoms with Crippen LogP contribution in [0.1, 0.15) is 51.0 Å². The Bertz CT molecular complexity index is 860. The second-order valence-electron chi connectivity index (χ2n) is 8.78. The highest BCUT2D eigenvalue weighted by Crippen LogP contribution is 2.24. The van der Waals surface area contributed by atoms with E-state index in [0.29, 0.717) is 24.8 Å². The Kier molecular flexibility index (Phi) is 10.8. The van der Waals surface area contributed by atoms with Gasteiger partial charge in [0.2, 0.25) is 5.89 Å². The largest absolute Gasteiger partial charge is 0.497 e. The minimum Gasteiger partial charge on any atom is -0.497 e. The van der Waals surface area contributed by atoms with Crippen LogP contribution in [0.15, 0.2) is 33.8 Å². The molecule has 2 N–H and O–H groups in total. The number of aromatic nitrogens is 2. The molecular weight excluding hydrogens is 535 g/mol. The summed E-state index contributed by atoms with van der Waals surface area (Å²) in [5, 5.41) is 10.9. The lowest BCUT2D eigenvalue weighted by Gasteiger charge is -2.35. The van der Waals surface area contributed by atoms with Gasteiger partial charge in [-0.05, 0) is 24.6 Å². The van der Waals surface area contributed by atoms with Crippen LogP contribution in [0.5, 0.6) is 5.75 Å². The molecule has 1 aromatic carbocycles. The highest BCUT2D eigenvalue weighted by atomic mass is 127. The Morgan fingerprint density at radius 2 is 1.88 bits per heavy atom. The normalized spacial score (nSPS) is 16.1. The van der Waals surface area contributed by atoms with Crippen LogP contribution in [0.2, 0.25) is 0 Å². The Morgan fingerprint density at radius 3 is 2.45 bits per heavy atom. The zero-order chi connectivity index (χ0) is 23.0. The summed E-state index contributed by atoms with van der Waals surface area (Å²) in [5.74, 6) is 2.77. The number of hydrogen-bond donors (Lipinski definition) is 2. The lowest BCUT2D eigenvalue weighted by Crippen LogP contribution is -2.46. The van der Waals surface area contributed by atoms with Crippen molar-refractivity contribution in [1.82, 2.24) is 25.7 Å². The van der Waals surface area contributed by atoms with Crippen LogP contribution in [-0.4, -0.2) is 67.5 Å². The first-order valence-electron chi connectivity index (χ1n) is 11.2. The van der Waals surface area contributed by atoms with Gasteiger partial charge in [-0.15, -0.1) is 24.0 Å². The van der Waals surface area contributed by atoms with E-state index in [9.17, 15) is 0 Å². The predicted octanol–water partition coefficient (Wildman–Crippen LogP) is 3.12. The van der Waals surface area contributed by atoms with Crippen molar-refractivity contribution in [2.45, 2.75) is 45.7 Å². The van der Waals surface area contributed by atoms with Crippen molar-refractivity contribution in [2.75, 3.05) is 46.5 Å². The maximum absolute atomic E-state index is 5.56. The minimum absolute atomic E-state index is 0. The summed E-state index contributed by atoms with van der Waals surface area (Å²) < 4.78 is 16.3. The average molecular weight is 572 g/mol. The van der Waals surface area contributed by atoms with Crippen LogP contribution in [-0.2, 0) is 16.7 Å². The summed E-state index contributed by atoms with van der Waals surface area (Å²) in [6.45, 7) is 13.3. The molecule has 2 heterocycles. The Labute approximate surface area is 213 Å². The molecule has 1 aliphatic rings. The summed E-state index contributed by atoms with van der Waals surface area (Å²) in [6.07, 6.45) is 0. The van der Waals surface area contributed by atoms with Crippen molar-refractivity contribution in [2.24, 2.45) is 4.99 Å². The zero-order valence-electron chi connectivity index (χ0n) is 20.3. The molecule has 1 unspecified atom stereocenters. The summed E-state index contributed by atoms with van der Waals surface area (Å²) in [4.78, 5) is 11.6. The van der Waals surface area contributed by atoms with Crippen molar-refractivity contribution in [3.8, 4) is 5.75 Å². The van der Waals surface area contributed by atoms with Gasteiger partial charge in [0.25, 0.3) is 0 Å². The molecule has 1 fully saturated rings. The molecular formula is C23H37IN6O3. The van der Waals surface area contributed by atoms with E-state index in [0.717, 1.165) is 44.6 Å². The van der Waals surface area contributed by atoms with E-state index in [4.69, 9.17) is 14.0 Å². The minimum atomic E-state index is -0.179. The summed E-state index contributed by atoms with van der Waals surface area (Å²) in [7, 11) is 1.68. The van der Waals surface area contributed by atoms with Crippen molar-refractivity contribution >= 4 is 29.9 Å². The van der Waals surface area contributed by atoms with Crippen molar-refractivity contribution in [3.05, 3.63) is 41.5 Å². The van der Waals surface area contributed by atoms with Crippen LogP contribution in [0.3, 0.4) is 0 Å². The molecule has 9 nitrogen and oxygen atoms in total. The van der Waals surface area contributed by atoms with Crippen LogP contribution in [0.4, 0.5) is 0 Å². The lowest BCUT2D eigenvalue weighted by molar-refractivity contribution is 0.0170. The number of morpholine rings is 1. The van der Waals surface area contributed by atoms with Crippen LogP contribution < -0.4 is 15.4 Å². The summed E-state index contributed by atoms with van der Waals surface area (Å²) >= 11 is 0. The molecule has 184 valence electrons. The third kappa shape index (κ3) is 8.11. The Morgan fingerprint density at radius 1 is 1.18 bits per heavy atom. The third-order valence-corrected chi connectivity index (χ3v) is 5.28. The number of methoxy groups -OCH3 is 1. The highest BCUT2D eigenvalue weighted by Gasteiger charge is 2.24. The first-order valence-corrected chi connectivity index (χ1v) is 11.2. The Hall–Kier alpha value is -1.92. The van der Waals surface area contributed by atoms with Crippen LogP contribution in [0, 0.1) is 0 Å². The monoisotopic (exact) mass is 572 g/mol. The maximum atomic E-state index is 5.56. The topological polar surface area (TPSA) is 97.0 Å².